The summed E-state index contributed by atoms with van der Waals surface area (Å²) in [6.07, 6.45) is 0. The Bertz CT molecular complexity index is 4960. The summed E-state index contributed by atoms with van der Waals surface area (Å²) in [6.45, 7) is 4.58. The highest BCUT2D eigenvalue weighted by atomic mass is 16.1. The van der Waals surface area contributed by atoms with Gasteiger partial charge in [-0.15, -0.1) is 0 Å². The molecule has 0 aliphatic heterocycles. The van der Waals surface area contributed by atoms with Crippen LogP contribution in [0, 0.1) is 0 Å². The summed E-state index contributed by atoms with van der Waals surface area (Å²) in [4.78, 5) is 29.6. The second kappa shape index (κ2) is 13.1. The summed E-state index contributed by atoms with van der Waals surface area (Å²) < 4.78 is 6.24. The molecule has 0 saturated carbocycles. The fourth-order valence-corrected chi connectivity index (χ4v) is 12.9. The van der Waals surface area contributed by atoms with Crippen molar-refractivity contribution in [3.8, 4) is 39.1 Å². The highest BCUT2D eigenvalue weighted by molar-refractivity contribution is 6.25. The highest BCUT2D eigenvalue weighted by Gasteiger charge is 2.36. The number of benzene rings is 10. The summed E-state index contributed by atoms with van der Waals surface area (Å²) in [5.74, 6) is 0. The fraction of sp³-hybridized carbons (Fsp3) is 0.0462. The molecular formula is C65H39N3O2. The first-order chi connectivity index (χ1) is 34.3. The number of para-hydroxylation sites is 3. The molecule has 0 saturated heterocycles. The van der Waals surface area contributed by atoms with Gasteiger partial charge in [0.15, 0.2) is 0 Å². The molecule has 5 nitrogen and oxygen atoms in total. The molecule has 15 aromatic rings. The van der Waals surface area contributed by atoms with Gasteiger partial charge in [0.2, 0.25) is 0 Å². The van der Waals surface area contributed by atoms with Gasteiger partial charge in [-0.2, -0.15) is 0 Å². The van der Waals surface area contributed by atoms with E-state index in [1.54, 1.807) is 0 Å². The van der Waals surface area contributed by atoms with Gasteiger partial charge in [0, 0.05) is 65.0 Å². The van der Waals surface area contributed by atoms with E-state index in [2.05, 4.69) is 188 Å². The topological polar surface area (TPSA) is 47.9 Å². The molecule has 1 aliphatic carbocycles. The molecule has 0 radical (unpaired) electrons. The summed E-state index contributed by atoms with van der Waals surface area (Å²) in [7, 11) is 0. The Labute approximate surface area is 399 Å². The summed E-state index contributed by atoms with van der Waals surface area (Å²) in [6, 6.07) is 71.0. The van der Waals surface area contributed by atoms with Crippen molar-refractivity contribution in [3.05, 3.63) is 232 Å². The van der Waals surface area contributed by atoms with E-state index < -0.39 is 0 Å². The molecule has 10 aromatic carbocycles. The van der Waals surface area contributed by atoms with Crippen LogP contribution in [0.1, 0.15) is 25.0 Å². The van der Waals surface area contributed by atoms with Crippen molar-refractivity contribution in [2.24, 2.45) is 0 Å². The molecule has 0 spiro atoms. The summed E-state index contributed by atoms with van der Waals surface area (Å²) in [5.41, 5.74) is 16.2. The predicted octanol–water partition coefficient (Wildman–Crippen LogP) is 15.4. The zero-order valence-electron chi connectivity index (χ0n) is 38.2. The van der Waals surface area contributed by atoms with Crippen LogP contribution in [0.4, 0.5) is 0 Å². The third-order valence-electron chi connectivity index (χ3n) is 16.1. The predicted molar refractivity (Wildman–Crippen MR) is 291 cm³/mol. The van der Waals surface area contributed by atoms with Crippen LogP contribution in [0.5, 0.6) is 0 Å². The third-order valence-corrected chi connectivity index (χ3v) is 16.1. The molecule has 5 heteroatoms. The maximum atomic E-state index is 14.9. The Morgan fingerprint density at radius 3 is 1.69 bits per heavy atom. The van der Waals surface area contributed by atoms with E-state index in [0.717, 1.165) is 110 Å². The third kappa shape index (κ3) is 4.71. The van der Waals surface area contributed by atoms with Crippen LogP contribution in [-0.2, 0) is 5.41 Å². The molecule has 1 aliphatic rings. The van der Waals surface area contributed by atoms with Gasteiger partial charge in [0.1, 0.15) is 0 Å². The molecule has 0 atom stereocenters. The second-order valence-corrected chi connectivity index (χ2v) is 19.9. The van der Waals surface area contributed by atoms with Gasteiger partial charge in [-0.25, -0.2) is 0 Å². The van der Waals surface area contributed by atoms with Crippen molar-refractivity contribution >= 4 is 97.7 Å². The Kier molecular flexibility index (Phi) is 7.12. The molecule has 0 amide bonds. The van der Waals surface area contributed by atoms with E-state index in [0.29, 0.717) is 10.8 Å². The minimum atomic E-state index is -0.178. The standard InChI is InChI=1S/C65H39N3O2/c1-65(2)55-24-10-8-19-42(55)49-32-51-45-23-13-22-44-48-29-38(26-27-47(48)64(70)67(61(44)45)58(51)34-56(49)65)36-14-12-15-37(28-36)39-30-53-41-18-6-7-21-46(41)63(69)68-60-35-59-50(33-52(60)54(31-39)62(53)68)43-20-9-11-25-57(43)66(59)40-16-4-3-5-17-40/h3-35H,1-2H3. The molecule has 0 N–H and O–H groups in total. The van der Waals surface area contributed by atoms with Crippen molar-refractivity contribution in [3.63, 3.8) is 0 Å². The van der Waals surface area contributed by atoms with Crippen LogP contribution in [0.25, 0.3) is 137 Å². The van der Waals surface area contributed by atoms with Gasteiger partial charge < -0.3 is 4.57 Å². The summed E-state index contributed by atoms with van der Waals surface area (Å²) >= 11 is 0. The number of nitrogens with zero attached hydrogens (tertiary/aromatic N) is 3. The van der Waals surface area contributed by atoms with Crippen LogP contribution in [0.3, 0.4) is 0 Å². The van der Waals surface area contributed by atoms with Gasteiger partial charge in [-0.05, 0) is 134 Å². The smallest absolute Gasteiger partial charge is 0.263 e. The Balaban J connectivity index is 0.904. The minimum Gasteiger partial charge on any atom is -0.309 e. The van der Waals surface area contributed by atoms with E-state index in [9.17, 15) is 9.59 Å². The monoisotopic (exact) mass is 893 g/mol. The number of hydrogen-bond acceptors (Lipinski definition) is 2. The molecule has 326 valence electrons. The normalized spacial score (nSPS) is 13.5. The maximum Gasteiger partial charge on any atom is 0.263 e. The second-order valence-electron chi connectivity index (χ2n) is 19.9. The minimum absolute atomic E-state index is 0.00405. The fourth-order valence-electron chi connectivity index (χ4n) is 12.9. The molecule has 0 unspecified atom stereocenters. The van der Waals surface area contributed by atoms with E-state index >= 15 is 0 Å². The molecule has 0 bridgehead atoms. The SMILES string of the molecule is CC1(C)c2ccccc2-c2cc3c4cccc5c6cc(-c7cccc(-c8cc9c%10ccccc%10c(=O)n%10c%11cc%12c(cc%11c(c8)c9%10)c8ccccc8n%12-c8ccccc8)c7)ccc6c(=O)n(c3cc21)c54. The number of fused-ring (bicyclic) bond motifs is 16. The van der Waals surface area contributed by atoms with Gasteiger partial charge in [0.25, 0.3) is 11.1 Å². The lowest BCUT2D eigenvalue weighted by Gasteiger charge is -2.21. The molecule has 0 fully saturated rings. The van der Waals surface area contributed by atoms with Crippen LogP contribution in [0.2, 0.25) is 0 Å². The lowest BCUT2D eigenvalue weighted by molar-refractivity contribution is 0.661. The first-order valence-corrected chi connectivity index (χ1v) is 24.1. The first-order valence-electron chi connectivity index (χ1n) is 24.1. The highest BCUT2D eigenvalue weighted by Crippen LogP contribution is 2.51. The molecule has 70 heavy (non-hydrogen) atoms. The largest absolute Gasteiger partial charge is 0.309 e. The molecule has 5 aromatic heterocycles. The van der Waals surface area contributed by atoms with E-state index in [1.165, 1.54) is 27.6 Å². The van der Waals surface area contributed by atoms with E-state index in [1.807, 2.05) is 39.1 Å². The Hall–Kier alpha value is -9.06. The van der Waals surface area contributed by atoms with Gasteiger partial charge in [-0.1, -0.05) is 135 Å². The number of hydrogen-bond donors (Lipinski definition) is 0. The zero-order chi connectivity index (χ0) is 46.3. The van der Waals surface area contributed by atoms with Crippen molar-refractivity contribution in [1.29, 1.82) is 0 Å². The Morgan fingerprint density at radius 2 is 0.871 bits per heavy atom. The first kappa shape index (κ1) is 38.0. The Morgan fingerprint density at radius 1 is 0.314 bits per heavy atom. The zero-order valence-corrected chi connectivity index (χ0v) is 38.2. The van der Waals surface area contributed by atoms with Crippen LogP contribution < -0.4 is 11.1 Å². The van der Waals surface area contributed by atoms with Crippen LogP contribution in [-0.4, -0.2) is 13.4 Å². The van der Waals surface area contributed by atoms with Crippen molar-refractivity contribution in [2.75, 3.05) is 0 Å². The summed E-state index contributed by atoms with van der Waals surface area (Å²) in [5, 5.41) is 12.0. The van der Waals surface area contributed by atoms with Crippen LogP contribution >= 0.6 is 0 Å². The van der Waals surface area contributed by atoms with E-state index in [-0.39, 0.29) is 16.5 Å². The quantitative estimate of drug-likeness (QED) is 0.166. The number of aromatic nitrogens is 3. The van der Waals surface area contributed by atoms with Gasteiger partial charge in [0.05, 0.1) is 33.1 Å². The number of pyridine rings is 2. The lowest BCUT2D eigenvalue weighted by atomic mass is 9.82. The van der Waals surface area contributed by atoms with Crippen molar-refractivity contribution in [2.45, 2.75) is 19.3 Å². The maximum absolute atomic E-state index is 14.9. The van der Waals surface area contributed by atoms with Crippen molar-refractivity contribution in [1.82, 2.24) is 13.4 Å². The molecular weight excluding hydrogens is 855 g/mol. The number of rotatable bonds is 3. The van der Waals surface area contributed by atoms with E-state index in [4.69, 9.17) is 0 Å². The van der Waals surface area contributed by atoms with Crippen molar-refractivity contribution < 1.29 is 0 Å². The molecule has 16 rings (SSSR count). The lowest BCUT2D eigenvalue weighted by Crippen LogP contribution is -2.16. The average molecular weight is 894 g/mol. The average Bonchev–Trinajstić information content (AvgIpc) is 4.09. The van der Waals surface area contributed by atoms with Gasteiger partial charge >= 0.3 is 0 Å². The molecule has 5 heterocycles. The van der Waals surface area contributed by atoms with Gasteiger partial charge in [-0.3, -0.25) is 18.4 Å². The van der Waals surface area contributed by atoms with Crippen LogP contribution in [0.15, 0.2) is 210 Å².